The average molecular weight is 256 g/mol. The van der Waals surface area contributed by atoms with Crippen molar-refractivity contribution >= 4 is 5.69 Å². The molecule has 4 heteroatoms. The predicted molar refractivity (Wildman–Crippen MR) is 71.4 cm³/mol. The normalized spacial score (nSPS) is 9.74. The summed E-state index contributed by atoms with van der Waals surface area (Å²) < 4.78 is 18.3. The van der Waals surface area contributed by atoms with Crippen LogP contribution in [0, 0.1) is 17.1 Å². The van der Waals surface area contributed by atoms with E-state index < -0.39 is 0 Å². The summed E-state index contributed by atoms with van der Waals surface area (Å²) in [4.78, 5) is 0. The first-order chi connectivity index (χ1) is 9.22. The third kappa shape index (κ3) is 3.23. The molecule has 0 aliphatic carbocycles. The molecule has 0 bridgehead atoms. The molecular formula is C15H13FN2O. The Morgan fingerprint density at radius 1 is 1.26 bits per heavy atom. The van der Waals surface area contributed by atoms with Crippen molar-refractivity contribution in [1.82, 2.24) is 0 Å². The minimum absolute atomic E-state index is 0.289. The van der Waals surface area contributed by atoms with Crippen LogP contribution in [-0.4, -0.2) is 7.11 Å². The van der Waals surface area contributed by atoms with Crippen molar-refractivity contribution < 1.29 is 9.13 Å². The lowest BCUT2D eigenvalue weighted by atomic mass is 10.1. The fourth-order valence-electron chi connectivity index (χ4n) is 1.78. The Labute approximate surface area is 111 Å². The van der Waals surface area contributed by atoms with Gasteiger partial charge >= 0.3 is 0 Å². The zero-order valence-electron chi connectivity index (χ0n) is 10.5. The van der Waals surface area contributed by atoms with Crippen LogP contribution in [0.25, 0.3) is 0 Å². The fraction of sp³-hybridized carbons (Fsp3) is 0.133. The van der Waals surface area contributed by atoms with Crippen LogP contribution in [0.1, 0.15) is 11.1 Å². The van der Waals surface area contributed by atoms with Crippen LogP contribution in [0.5, 0.6) is 5.75 Å². The SMILES string of the molecule is COc1ccc(C#N)cc1CNc1cccc(F)c1. The third-order valence-corrected chi connectivity index (χ3v) is 2.72. The van der Waals surface area contributed by atoms with Gasteiger partial charge in [-0.2, -0.15) is 5.26 Å². The molecule has 0 saturated heterocycles. The summed E-state index contributed by atoms with van der Waals surface area (Å²) in [5.41, 5.74) is 2.10. The maximum absolute atomic E-state index is 13.0. The number of ether oxygens (including phenoxy) is 1. The van der Waals surface area contributed by atoms with Gasteiger partial charge in [0.05, 0.1) is 18.7 Å². The van der Waals surface area contributed by atoms with Crippen molar-refractivity contribution in [3.05, 3.63) is 59.4 Å². The maximum Gasteiger partial charge on any atom is 0.125 e. The van der Waals surface area contributed by atoms with Gasteiger partial charge in [0.1, 0.15) is 11.6 Å². The Morgan fingerprint density at radius 3 is 2.79 bits per heavy atom. The lowest BCUT2D eigenvalue weighted by molar-refractivity contribution is 0.410. The Bertz CT molecular complexity index is 620. The van der Waals surface area contributed by atoms with E-state index in [0.29, 0.717) is 23.5 Å². The lowest BCUT2D eigenvalue weighted by Gasteiger charge is -2.11. The van der Waals surface area contributed by atoms with E-state index in [1.165, 1.54) is 12.1 Å². The summed E-state index contributed by atoms with van der Waals surface area (Å²) >= 11 is 0. The second-order valence-corrected chi connectivity index (χ2v) is 4.00. The van der Waals surface area contributed by atoms with Crippen LogP contribution in [0.15, 0.2) is 42.5 Å². The van der Waals surface area contributed by atoms with Crippen LogP contribution in [0.3, 0.4) is 0 Å². The van der Waals surface area contributed by atoms with Crippen LogP contribution in [-0.2, 0) is 6.54 Å². The first-order valence-corrected chi connectivity index (χ1v) is 5.79. The highest BCUT2D eigenvalue weighted by atomic mass is 19.1. The van der Waals surface area contributed by atoms with E-state index in [9.17, 15) is 4.39 Å². The molecule has 0 unspecified atom stereocenters. The van der Waals surface area contributed by atoms with Gasteiger partial charge < -0.3 is 10.1 Å². The largest absolute Gasteiger partial charge is 0.496 e. The summed E-state index contributed by atoms with van der Waals surface area (Å²) in [6.45, 7) is 0.460. The second kappa shape index (κ2) is 5.87. The van der Waals surface area contributed by atoms with Crippen LogP contribution >= 0.6 is 0 Å². The molecule has 2 aromatic carbocycles. The fourth-order valence-corrected chi connectivity index (χ4v) is 1.78. The first-order valence-electron chi connectivity index (χ1n) is 5.79. The number of rotatable bonds is 4. The minimum Gasteiger partial charge on any atom is -0.496 e. The minimum atomic E-state index is -0.289. The topological polar surface area (TPSA) is 45.0 Å². The number of nitriles is 1. The van der Waals surface area contributed by atoms with Crippen LogP contribution in [0.2, 0.25) is 0 Å². The van der Waals surface area contributed by atoms with Crippen molar-refractivity contribution in [2.24, 2.45) is 0 Å². The van der Waals surface area contributed by atoms with Gasteiger partial charge in [-0.3, -0.25) is 0 Å². The average Bonchev–Trinajstić information content (AvgIpc) is 2.45. The molecule has 96 valence electrons. The number of methoxy groups -OCH3 is 1. The molecule has 0 aliphatic heterocycles. The summed E-state index contributed by atoms with van der Waals surface area (Å²) in [6.07, 6.45) is 0. The van der Waals surface area contributed by atoms with Crippen molar-refractivity contribution in [2.45, 2.75) is 6.54 Å². The number of nitrogens with zero attached hydrogens (tertiary/aromatic N) is 1. The molecule has 0 amide bonds. The predicted octanol–water partition coefficient (Wildman–Crippen LogP) is 3.32. The Hall–Kier alpha value is -2.54. The van der Waals surface area contributed by atoms with Crippen molar-refractivity contribution in [3.8, 4) is 11.8 Å². The van der Waals surface area contributed by atoms with Gasteiger partial charge in [0, 0.05) is 17.8 Å². The second-order valence-electron chi connectivity index (χ2n) is 4.00. The summed E-state index contributed by atoms with van der Waals surface area (Å²) in [5.74, 6) is 0.408. The molecule has 0 spiro atoms. The van der Waals surface area contributed by atoms with Gasteiger partial charge in [-0.15, -0.1) is 0 Å². The highest BCUT2D eigenvalue weighted by Gasteiger charge is 2.04. The van der Waals surface area contributed by atoms with Crippen LogP contribution < -0.4 is 10.1 Å². The molecular weight excluding hydrogens is 243 g/mol. The summed E-state index contributed by atoms with van der Waals surface area (Å²) in [6, 6.07) is 13.5. The quantitative estimate of drug-likeness (QED) is 0.912. The molecule has 2 rings (SSSR count). The van der Waals surface area contributed by atoms with E-state index in [-0.39, 0.29) is 5.82 Å². The van der Waals surface area contributed by atoms with Crippen LogP contribution in [0.4, 0.5) is 10.1 Å². The van der Waals surface area contributed by atoms with Gasteiger partial charge in [-0.05, 0) is 36.4 Å². The number of nitrogens with one attached hydrogen (secondary N) is 1. The number of hydrogen-bond donors (Lipinski definition) is 1. The molecule has 0 heterocycles. The number of anilines is 1. The molecule has 2 aromatic rings. The van der Waals surface area contributed by atoms with Gasteiger partial charge in [-0.25, -0.2) is 4.39 Å². The van der Waals surface area contributed by atoms with Gasteiger partial charge in [0.25, 0.3) is 0 Å². The van der Waals surface area contributed by atoms with E-state index in [2.05, 4.69) is 11.4 Å². The molecule has 1 N–H and O–H groups in total. The number of benzene rings is 2. The number of halogens is 1. The zero-order chi connectivity index (χ0) is 13.7. The summed E-state index contributed by atoms with van der Waals surface area (Å²) in [5, 5.41) is 12.0. The van der Waals surface area contributed by atoms with E-state index in [1.807, 2.05) is 0 Å². The smallest absolute Gasteiger partial charge is 0.125 e. The molecule has 0 saturated carbocycles. The summed E-state index contributed by atoms with van der Waals surface area (Å²) in [7, 11) is 1.58. The van der Waals surface area contributed by atoms with Crippen molar-refractivity contribution in [2.75, 3.05) is 12.4 Å². The molecule has 0 aromatic heterocycles. The molecule has 0 fully saturated rings. The highest BCUT2D eigenvalue weighted by molar-refractivity contribution is 5.47. The molecule has 19 heavy (non-hydrogen) atoms. The van der Waals surface area contributed by atoms with Gasteiger partial charge in [0.2, 0.25) is 0 Å². The van der Waals surface area contributed by atoms with E-state index in [1.54, 1.807) is 37.4 Å². The highest BCUT2D eigenvalue weighted by Crippen LogP contribution is 2.21. The van der Waals surface area contributed by atoms with Crippen molar-refractivity contribution in [3.63, 3.8) is 0 Å². The Morgan fingerprint density at radius 2 is 2.11 bits per heavy atom. The Kier molecular flexibility index (Phi) is 3.99. The molecule has 0 radical (unpaired) electrons. The van der Waals surface area contributed by atoms with E-state index in [4.69, 9.17) is 10.00 Å². The van der Waals surface area contributed by atoms with E-state index >= 15 is 0 Å². The maximum atomic E-state index is 13.0. The van der Waals surface area contributed by atoms with Gasteiger partial charge in [-0.1, -0.05) is 6.07 Å². The number of hydrogen-bond acceptors (Lipinski definition) is 3. The first kappa shape index (κ1) is 12.9. The molecule has 0 aliphatic rings. The van der Waals surface area contributed by atoms with E-state index in [0.717, 1.165) is 5.56 Å². The molecule has 0 atom stereocenters. The third-order valence-electron chi connectivity index (χ3n) is 2.72. The van der Waals surface area contributed by atoms with Gasteiger partial charge in [0.15, 0.2) is 0 Å². The zero-order valence-corrected chi connectivity index (χ0v) is 10.5. The lowest BCUT2D eigenvalue weighted by Crippen LogP contribution is -2.02. The monoisotopic (exact) mass is 256 g/mol. The van der Waals surface area contributed by atoms with Crippen molar-refractivity contribution in [1.29, 1.82) is 5.26 Å². The Balaban J connectivity index is 2.16. The standard InChI is InChI=1S/C15H13FN2O/c1-19-15-6-5-11(9-17)7-12(15)10-18-14-4-2-3-13(16)8-14/h2-8,18H,10H2,1H3. The molecule has 3 nitrogen and oxygen atoms in total.